The average Bonchev–Trinajstić information content (AvgIpc) is 3.05. The van der Waals surface area contributed by atoms with Gasteiger partial charge in [0.2, 0.25) is 0 Å². The van der Waals surface area contributed by atoms with Crippen LogP contribution in [-0.2, 0) is 0 Å². The summed E-state index contributed by atoms with van der Waals surface area (Å²) in [6.45, 7) is 4.82. The molecule has 2 heterocycles. The Morgan fingerprint density at radius 1 is 1.39 bits per heavy atom. The summed E-state index contributed by atoms with van der Waals surface area (Å²) in [4.78, 5) is 14.2. The number of nitrogens with one attached hydrogen (secondary N) is 1. The fourth-order valence-electron chi connectivity index (χ4n) is 3.03. The maximum atomic E-state index is 14.1. The standard InChI is InChI=1S/C16H20FN5O/c1-11-8-12(2)15(14(17)9-11)19-16(23)21-6-3-4-13(10-21)22-7-5-18-20-22/h5,7-9,13H,3-4,6,10H2,1-2H3,(H,19,23)/t13-/m0/s1. The summed E-state index contributed by atoms with van der Waals surface area (Å²) in [6.07, 6.45) is 5.26. The summed E-state index contributed by atoms with van der Waals surface area (Å²) in [5.41, 5.74) is 1.81. The molecule has 3 rings (SSSR count). The van der Waals surface area contributed by atoms with Gasteiger partial charge in [-0.3, -0.25) is 0 Å². The van der Waals surface area contributed by atoms with Gasteiger partial charge in [-0.25, -0.2) is 13.9 Å². The van der Waals surface area contributed by atoms with Crippen LogP contribution in [0.3, 0.4) is 0 Å². The second-order valence-electron chi connectivity index (χ2n) is 5.99. The van der Waals surface area contributed by atoms with Gasteiger partial charge in [0, 0.05) is 19.3 Å². The molecule has 1 fully saturated rings. The van der Waals surface area contributed by atoms with Crippen LogP contribution >= 0.6 is 0 Å². The molecule has 1 aromatic heterocycles. The number of hydrogen-bond acceptors (Lipinski definition) is 3. The van der Waals surface area contributed by atoms with E-state index in [1.165, 1.54) is 6.07 Å². The summed E-state index contributed by atoms with van der Waals surface area (Å²) in [5, 5.41) is 10.5. The molecule has 0 saturated carbocycles. The van der Waals surface area contributed by atoms with Crippen molar-refractivity contribution in [1.29, 1.82) is 0 Å². The predicted molar refractivity (Wildman–Crippen MR) is 84.8 cm³/mol. The number of anilines is 1. The van der Waals surface area contributed by atoms with E-state index in [9.17, 15) is 9.18 Å². The van der Waals surface area contributed by atoms with E-state index in [1.807, 2.05) is 13.0 Å². The van der Waals surface area contributed by atoms with Gasteiger partial charge in [-0.2, -0.15) is 0 Å². The molecule has 0 radical (unpaired) electrons. The third-order valence-electron chi connectivity index (χ3n) is 4.16. The number of nitrogens with zero attached hydrogens (tertiary/aromatic N) is 4. The van der Waals surface area contributed by atoms with Crippen molar-refractivity contribution in [2.75, 3.05) is 18.4 Å². The Morgan fingerprint density at radius 3 is 2.91 bits per heavy atom. The first-order chi connectivity index (χ1) is 11.0. The summed E-state index contributed by atoms with van der Waals surface area (Å²) in [6, 6.07) is 3.12. The Morgan fingerprint density at radius 2 is 2.22 bits per heavy atom. The molecule has 0 spiro atoms. The van der Waals surface area contributed by atoms with E-state index in [0.717, 1.165) is 24.0 Å². The fraction of sp³-hybridized carbons (Fsp3) is 0.438. The second-order valence-corrected chi connectivity index (χ2v) is 5.99. The molecular formula is C16H20FN5O. The van der Waals surface area contributed by atoms with Crippen LogP contribution < -0.4 is 5.32 Å². The van der Waals surface area contributed by atoms with Crippen molar-refractivity contribution < 1.29 is 9.18 Å². The molecule has 1 atom stereocenters. The molecule has 0 bridgehead atoms. The molecule has 6 nitrogen and oxygen atoms in total. The Balaban J connectivity index is 1.71. The molecule has 2 amide bonds. The van der Waals surface area contributed by atoms with Crippen molar-refractivity contribution >= 4 is 11.7 Å². The van der Waals surface area contributed by atoms with Crippen LogP contribution in [0.4, 0.5) is 14.9 Å². The van der Waals surface area contributed by atoms with E-state index in [4.69, 9.17) is 0 Å². The lowest BCUT2D eigenvalue weighted by Gasteiger charge is -2.32. The Labute approximate surface area is 134 Å². The molecule has 1 aliphatic heterocycles. The molecule has 2 aromatic rings. The van der Waals surface area contributed by atoms with Gasteiger partial charge in [-0.15, -0.1) is 5.10 Å². The topological polar surface area (TPSA) is 63.1 Å². The van der Waals surface area contributed by atoms with E-state index >= 15 is 0 Å². The molecule has 1 aliphatic rings. The number of hydrogen-bond donors (Lipinski definition) is 1. The summed E-state index contributed by atoms with van der Waals surface area (Å²) < 4.78 is 15.9. The van der Waals surface area contributed by atoms with E-state index in [-0.39, 0.29) is 17.8 Å². The smallest absolute Gasteiger partial charge is 0.322 e. The maximum absolute atomic E-state index is 14.1. The van der Waals surface area contributed by atoms with Crippen LogP contribution in [0.2, 0.25) is 0 Å². The molecule has 23 heavy (non-hydrogen) atoms. The van der Waals surface area contributed by atoms with E-state index < -0.39 is 5.82 Å². The van der Waals surface area contributed by atoms with Gasteiger partial charge in [0.15, 0.2) is 0 Å². The average molecular weight is 317 g/mol. The number of piperidine rings is 1. The van der Waals surface area contributed by atoms with Crippen LogP contribution in [0.1, 0.15) is 30.0 Å². The van der Waals surface area contributed by atoms with Crippen molar-refractivity contribution in [3.05, 3.63) is 41.5 Å². The van der Waals surface area contributed by atoms with Crippen LogP contribution in [0, 0.1) is 19.7 Å². The SMILES string of the molecule is Cc1cc(C)c(NC(=O)N2CCC[C@H](n3ccnn3)C2)c(F)c1. The first-order valence-electron chi connectivity index (χ1n) is 7.73. The number of amides is 2. The van der Waals surface area contributed by atoms with Crippen molar-refractivity contribution in [3.63, 3.8) is 0 Å². The number of benzene rings is 1. The van der Waals surface area contributed by atoms with Gasteiger partial charge in [-0.05, 0) is 43.9 Å². The first-order valence-corrected chi connectivity index (χ1v) is 7.73. The Bertz CT molecular complexity index is 677. The van der Waals surface area contributed by atoms with Crippen molar-refractivity contribution in [2.45, 2.75) is 32.7 Å². The molecule has 0 unspecified atom stereocenters. The zero-order valence-electron chi connectivity index (χ0n) is 13.3. The van der Waals surface area contributed by atoms with E-state index in [1.54, 1.807) is 28.9 Å². The molecule has 122 valence electrons. The third-order valence-corrected chi connectivity index (χ3v) is 4.16. The Hall–Kier alpha value is -2.44. The summed E-state index contributed by atoms with van der Waals surface area (Å²) in [7, 11) is 0. The van der Waals surface area contributed by atoms with Gasteiger partial charge in [0.25, 0.3) is 0 Å². The van der Waals surface area contributed by atoms with Crippen LogP contribution in [-0.4, -0.2) is 39.0 Å². The van der Waals surface area contributed by atoms with Crippen LogP contribution in [0.5, 0.6) is 0 Å². The van der Waals surface area contributed by atoms with Crippen molar-refractivity contribution in [1.82, 2.24) is 19.9 Å². The predicted octanol–water partition coefficient (Wildman–Crippen LogP) is 2.90. The molecule has 1 aromatic carbocycles. The third kappa shape index (κ3) is 3.33. The number of rotatable bonds is 2. The van der Waals surface area contributed by atoms with Crippen molar-refractivity contribution in [3.8, 4) is 0 Å². The minimum Gasteiger partial charge on any atom is -0.322 e. The normalized spacial score (nSPS) is 18.0. The maximum Gasteiger partial charge on any atom is 0.322 e. The number of likely N-dealkylation sites (tertiary alicyclic amines) is 1. The zero-order valence-corrected chi connectivity index (χ0v) is 13.3. The molecule has 1 N–H and O–H groups in total. The summed E-state index contributed by atoms with van der Waals surface area (Å²) in [5.74, 6) is -0.402. The van der Waals surface area contributed by atoms with Crippen LogP contribution in [0.15, 0.2) is 24.5 Å². The van der Waals surface area contributed by atoms with Crippen LogP contribution in [0.25, 0.3) is 0 Å². The number of halogens is 1. The van der Waals surface area contributed by atoms with Gasteiger partial charge < -0.3 is 10.2 Å². The summed E-state index contributed by atoms with van der Waals surface area (Å²) >= 11 is 0. The van der Waals surface area contributed by atoms with Gasteiger partial charge in [0.05, 0.1) is 17.9 Å². The lowest BCUT2D eigenvalue weighted by atomic mass is 10.1. The number of aromatic nitrogens is 3. The molecule has 1 saturated heterocycles. The van der Waals surface area contributed by atoms with Gasteiger partial charge in [0.1, 0.15) is 5.82 Å². The van der Waals surface area contributed by atoms with Gasteiger partial charge in [-0.1, -0.05) is 11.3 Å². The molecule has 0 aliphatic carbocycles. The minimum atomic E-state index is -0.402. The van der Waals surface area contributed by atoms with Crippen molar-refractivity contribution in [2.24, 2.45) is 0 Å². The highest BCUT2D eigenvalue weighted by molar-refractivity contribution is 5.90. The number of aryl methyl sites for hydroxylation is 2. The monoisotopic (exact) mass is 317 g/mol. The quantitative estimate of drug-likeness (QED) is 0.926. The zero-order chi connectivity index (χ0) is 16.4. The van der Waals surface area contributed by atoms with E-state index in [0.29, 0.717) is 13.1 Å². The van der Waals surface area contributed by atoms with Gasteiger partial charge >= 0.3 is 6.03 Å². The highest BCUT2D eigenvalue weighted by Gasteiger charge is 2.26. The first kappa shape index (κ1) is 15.5. The Kier molecular flexibility index (Phi) is 4.27. The molecule has 7 heteroatoms. The second kappa shape index (κ2) is 6.36. The minimum absolute atomic E-state index is 0.112. The largest absolute Gasteiger partial charge is 0.322 e. The fourth-order valence-corrected chi connectivity index (χ4v) is 3.03. The highest BCUT2D eigenvalue weighted by Crippen LogP contribution is 2.24. The lowest BCUT2D eigenvalue weighted by molar-refractivity contribution is 0.174. The van der Waals surface area contributed by atoms with E-state index in [2.05, 4.69) is 15.6 Å². The number of urea groups is 1. The highest BCUT2D eigenvalue weighted by atomic mass is 19.1. The number of carbonyl (C=O) groups is 1. The lowest BCUT2D eigenvalue weighted by Crippen LogP contribution is -2.43. The molecular weight excluding hydrogens is 297 g/mol. The number of carbonyl (C=O) groups excluding carboxylic acids is 1.